The molecule has 0 saturated carbocycles. The number of halogens is 1. The van der Waals surface area contributed by atoms with Gasteiger partial charge < -0.3 is 10.4 Å². The molecule has 7 heteroatoms. The van der Waals surface area contributed by atoms with Crippen molar-refractivity contribution in [3.05, 3.63) is 68.7 Å². The van der Waals surface area contributed by atoms with Gasteiger partial charge in [0.2, 0.25) is 0 Å². The molecule has 0 aliphatic heterocycles. The Hall–Kier alpha value is -2.60. The number of carbonyl (C=O) groups excluding carboxylic acids is 1. The predicted octanol–water partition coefficient (Wildman–Crippen LogP) is 3.31. The smallest absolute Gasteiger partial charge is 0.300 e. The molecule has 6 nitrogen and oxygen atoms in total. The van der Waals surface area contributed by atoms with Crippen LogP contribution >= 0.6 is 11.6 Å². The van der Waals surface area contributed by atoms with Gasteiger partial charge in [0, 0.05) is 6.04 Å². The predicted molar refractivity (Wildman–Crippen MR) is 86.8 cm³/mol. The normalized spacial score (nSPS) is 11.7. The third kappa shape index (κ3) is 4.20. The highest BCUT2D eigenvalue weighted by molar-refractivity contribution is 6.33. The van der Waals surface area contributed by atoms with Crippen molar-refractivity contribution in [3.8, 4) is 5.75 Å². The number of amides is 1. The second-order valence-corrected chi connectivity index (χ2v) is 5.55. The molecule has 0 radical (unpaired) electrons. The average molecular weight is 335 g/mol. The molecule has 0 saturated heterocycles. The first kappa shape index (κ1) is 16.8. The van der Waals surface area contributed by atoms with Crippen LogP contribution in [-0.4, -0.2) is 22.0 Å². The van der Waals surface area contributed by atoms with Crippen molar-refractivity contribution in [2.45, 2.75) is 19.4 Å². The summed E-state index contributed by atoms with van der Waals surface area (Å²) in [7, 11) is 0. The van der Waals surface area contributed by atoms with Crippen molar-refractivity contribution >= 4 is 23.2 Å². The van der Waals surface area contributed by atoms with Crippen LogP contribution in [0.25, 0.3) is 0 Å². The lowest BCUT2D eigenvalue weighted by Gasteiger charge is -2.14. The molecular formula is C16H15ClN2O4. The molecule has 2 aromatic rings. The Morgan fingerprint density at radius 3 is 2.57 bits per heavy atom. The molecule has 0 aliphatic rings. The Morgan fingerprint density at radius 2 is 1.96 bits per heavy atom. The summed E-state index contributed by atoms with van der Waals surface area (Å²) < 4.78 is 0. The van der Waals surface area contributed by atoms with Crippen LogP contribution in [-0.2, 0) is 6.42 Å². The summed E-state index contributed by atoms with van der Waals surface area (Å²) in [6.07, 6.45) is 0.528. The van der Waals surface area contributed by atoms with E-state index in [2.05, 4.69) is 5.32 Å². The van der Waals surface area contributed by atoms with Gasteiger partial charge in [-0.15, -0.1) is 0 Å². The van der Waals surface area contributed by atoms with E-state index in [1.165, 1.54) is 18.2 Å². The largest absolute Gasteiger partial charge is 0.508 e. The molecule has 0 spiro atoms. The summed E-state index contributed by atoms with van der Waals surface area (Å²) in [6.45, 7) is 1.79. The van der Waals surface area contributed by atoms with Gasteiger partial charge in [-0.2, -0.15) is 0 Å². The molecule has 0 bridgehead atoms. The number of nitro groups is 1. The lowest BCUT2D eigenvalue weighted by atomic mass is 10.1. The number of phenolic OH excluding ortho intramolecular Hbond substituents is 1. The zero-order valence-corrected chi connectivity index (χ0v) is 13.1. The standard InChI is InChI=1S/C16H15ClN2O4/c1-10(9-11-5-7-12(20)8-6-11)18-16(21)13-3-2-4-14(17)15(13)19(22)23/h2-8,10,20H,9H2,1H3,(H,18,21). The minimum Gasteiger partial charge on any atom is -0.508 e. The molecule has 1 amide bonds. The molecule has 0 heterocycles. The fourth-order valence-electron chi connectivity index (χ4n) is 2.22. The van der Waals surface area contributed by atoms with Crippen molar-refractivity contribution in [2.75, 3.05) is 0 Å². The molecule has 0 aromatic heterocycles. The molecular weight excluding hydrogens is 320 g/mol. The van der Waals surface area contributed by atoms with Gasteiger partial charge in [-0.3, -0.25) is 14.9 Å². The van der Waals surface area contributed by atoms with E-state index in [4.69, 9.17) is 11.6 Å². The zero-order valence-electron chi connectivity index (χ0n) is 12.3. The number of para-hydroxylation sites is 1. The van der Waals surface area contributed by atoms with E-state index in [0.717, 1.165) is 5.56 Å². The van der Waals surface area contributed by atoms with E-state index in [0.29, 0.717) is 6.42 Å². The Labute approximate surface area is 137 Å². The third-order valence-corrected chi connectivity index (χ3v) is 3.57. The van der Waals surface area contributed by atoms with Crippen molar-refractivity contribution in [3.63, 3.8) is 0 Å². The van der Waals surface area contributed by atoms with Crippen LogP contribution in [0.2, 0.25) is 5.02 Å². The fourth-order valence-corrected chi connectivity index (χ4v) is 2.47. The van der Waals surface area contributed by atoms with Crippen LogP contribution in [0, 0.1) is 10.1 Å². The quantitative estimate of drug-likeness (QED) is 0.648. The summed E-state index contributed by atoms with van der Waals surface area (Å²) >= 11 is 5.80. The van der Waals surface area contributed by atoms with Gasteiger partial charge in [-0.1, -0.05) is 29.8 Å². The van der Waals surface area contributed by atoms with Crippen LogP contribution in [0.15, 0.2) is 42.5 Å². The number of hydrogen-bond acceptors (Lipinski definition) is 4. The van der Waals surface area contributed by atoms with Crippen molar-refractivity contribution in [1.82, 2.24) is 5.32 Å². The Morgan fingerprint density at radius 1 is 1.30 bits per heavy atom. The zero-order chi connectivity index (χ0) is 17.0. The Kier molecular flexibility index (Phi) is 5.18. The summed E-state index contributed by atoms with van der Waals surface area (Å²) in [5.41, 5.74) is 0.458. The monoisotopic (exact) mass is 334 g/mol. The van der Waals surface area contributed by atoms with Crippen LogP contribution in [0.4, 0.5) is 5.69 Å². The number of nitrogens with zero attached hydrogens (tertiary/aromatic N) is 1. The number of benzene rings is 2. The molecule has 0 aliphatic carbocycles. The van der Waals surface area contributed by atoms with Crippen LogP contribution in [0.3, 0.4) is 0 Å². The van der Waals surface area contributed by atoms with Gasteiger partial charge in [-0.25, -0.2) is 0 Å². The Bertz CT molecular complexity index is 731. The number of nitro benzene ring substituents is 1. The summed E-state index contributed by atoms with van der Waals surface area (Å²) in [5, 5.41) is 23.0. The molecule has 1 unspecified atom stereocenters. The van der Waals surface area contributed by atoms with Gasteiger partial charge in [0.05, 0.1) is 4.92 Å². The summed E-state index contributed by atoms with van der Waals surface area (Å²) in [4.78, 5) is 22.7. The lowest BCUT2D eigenvalue weighted by Crippen LogP contribution is -2.34. The highest BCUT2D eigenvalue weighted by Crippen LogP contribution is 2.28. The van der Waals surface area contributed by atoms with E-state index in [9.17, 15) is 20.0 Å². The van der Waals surface area contributed by atoms with Gasteiger partial charge in [-0.05, 0) is 43.2 Å². The number of rotatable bonds is 5. The average Bonchev–Trinajstić information content (AvgIpc) is 2.48. The molecule has 120 valence electrons. The molecule has 23 heavy (non-hydrogen) atoms. The first-order valence-electron chi connectivity index (χ1n) is 6.90. The van der Waals surface area contributed by atoms with Gasteiger partial charge >= 0.3 is 5.69 Å². The van der Waals surface area contributed by atoms with E-state index in [1.807, 2.05) is 0 Å². The lowest BCUT2D eigenvalue weighted by molar-refractivity contribution is -0.385. The number of phenols is 1. The molecule has 2 rings (SSSR count). The van der Waals surface area contributed by atoms with Gasteiger partial charge in [0.1, 0.15) is 16.3 Å². The molecule has 2 N–H and O–H groups in total. The van der Waals surface area contributed by atoms with Crippen molar-refractivity contribution < 1.29 is 14.8 Å². The summed E-state index contributed by atoms with van der Waals surface area (Å²) in [6, 6.07) is 10.6. The number of aromatic hydroxyl groups is 1. The Balaban J connectivity index is 2.11. The van der Waals surface area contributed by atoms with E-state index >= 15 is 0 Å². The molecule has 1 atom stereocenters. The first-order valence-corrected chi connectivity index (χ1v) is 7.28. The van der Waals surface area contributed by atoms with Gasteiger partial charge in [0.25, 0.3) is 5.91 Å². The van der Waals surface area contributed by atoms with E-state index in [-0.39, 0.29) is 22.4 Å². The van der Waals surface area contributed by atoms with Gasteiger partial charge in [0.15, 0.2) is 0 Å². The number of carbonyl (C=O) groups is 1. The van der Waals surface area contributed by atoms with Crippen LogP contribution < -0.4 is 5.32 Å². The van der Waals surface area contributed by atoms with E-state index in [1.54, 1.807) is 31.2 Å². The second-order valence-electron chi connectivity index (χ2n) is 5.14. The maximum Gasteiger partial charge on any atom is 0.300 e. The molecule has 0 fully saturated rings. The highest BCUT2D eigenvalue weighted by atomic mass is 35.5. The maximum atomic E-state index is 12.3. The summed E-state index contributed by atoms with van der Waals surface area (Å²) in [5.74, 6) is -0.384. The SMILES string of the molecule is CC(Cc1ccc(O)cc1)NC(=O)c1cccc(Cl)c1[N+](=O)[O-]. The number of nitrogens with one attached hydrogen (secondary N) is 1. The van der Waals surface area contributed by atoms with Crippen molar-refractivity contribution in [1.29, 1.82) is 0 Å². The number of hydrogen-bond donors (Lipinski definition) is 2. The van der Waals surface area contributed by atoms with Crippen LogP contribution in [0.5, 0.6) is 5.75 Å². The minimum atomic E-state index is -0.665. The maximum absolute atomic E-state index is 12.3. The topological polar surface area (TPSA) is 92.5 Å². The second kappa shape index (κ2) is 7.11. The fraction of sp³-hybridized carbons (Fsp3) is 0.188. The van der Waals surface area contributed by atoms with Crippen LogP contribution in [0.1, 0.15) is 22.8 Å². The molecule has 2 aromatic carbocycles. The third-order valence-electron chi connectivity index (χ3n) is 3.27. The minimum absolute atomic E-state index is 0.0694. The first-order chi connectivity index (χ1) is 10.9. The van der Waals surface area contributed by atoms with Crippen molar-refractivity contribution in [2.24, 2.45) is 0 Å². The van der Waals surface area contributed by atoms with E-state index < -0.39 is 16.5 Å². The highest BCUT2D eigenvalue weighted by Gasteiger charge is 2.24.